The largest absolute Gasteiger partial charge is 0.490 e. The minimum atomic E-state index is -5.08. The van der Waals surface area contributed by atoms with E-state index in [-0.39, 0.29) is 6.10 Å². The molecule has 0 unspecified atom stereocenters. The number of aliphatic carboxylic acids is 1. The number of fused-ring (bicyclic) bond motifs is 1. The number of carbonyl (C=O) groups is 1. The van der Waals surface area contributed by atoms with Gasteiger partial charge in [-0.05, 0) is 6.92 Å². The third-order valence-corrected chi connectivity index (χ3v) is 6.22. The molecule has 0 saturated carbocycles. The first-order valence-corrected chi connectivity index (χ1v) is 10.5. The van der Waals surface area contributed by atoms with Crippen molar-refractivity contribution < 1.29 is 32.5 Å². The van der Waals surface area contributed by atoms with Gasteiger partial charge in [-0.3, -0.25) is 4.90 Å². The number of halogens is 3. The number of ether oxygens (including phenoxy) is 2. The fourth-order valence-electron chi connectivity index (χ4n) is 3.32. The van der Waals surface area contributed by atoms with Crippen molar-refractivity contribution in [2.45, 2.75) is 38.4 Å². The van der Waals surface area contributed by atoms with Crippen LogP contribution in [0.15, 0.2) is 17.0 Å². The van der Waals surface area contributed by atoms with Crippen LogP contribution >= 0.6 is 22.7 Å². The summed E-state index contributed by atoms with van der Waals surface area (Å²) in [5.41, 5.74) is 1.04. The summed E-state index contributed by atoms with van der Waals surface area (Å²) in [6, 6.07) is 0.464. The van der Waals surface area contributed by atoms with Gasteiger partial charge in [-0.1, -0.05) is 0 Å². The number of carboxylic acid groups (broad SMARTS) is 1. The third kappa shape index (κ3) is 5.95. The number of alkyl halides is 3. The summed E-state index contributed by atoms with van der Waals surface area (Å²) in [5.74, 6) is -2.29. The molecule has 0 spiro atoms. The molecular weight excluding hydrogens is 431 g/mol. The molecule has 0 aliphatic carbocycles. The predicted molar refractivity (Wildman–Crippen MR) is 99.7 cm³/mol. The van der Waals surface area contributed by atoms with Crippen LogP contribution < -0.4 is 0 Å². The van der Waals surface area contributed by atoms with E-state index in [0.29, 0.717) is 18.6 Å². The first kappa shape index (κ1) is 22.1. The van der Waals surface area contributed by atoms with Crippen LogP contribution in [0.25, 0.3) is 0 Å². The Labute approximate surface area is 173 Å². The molecule has 4 rings (SSSR count). The maximum atomic E-state index is 10.6. The number of rotatable bonds is 5. The molecule has 2 saturated heterocycles. The van der Waals surface area contributed by atoms with Gasteiger partial charge in [0.05, 0.1) is 43.2 Å². The van der Waals surface area contributed by atoms with E-state index >= 15 is 0 Å². The SMILES string of the molecule is Cc1nc(CO[C@@H]2CN(Cc3nccs3)[C@@H]3COC[C@@H]32)cs1.O=C(O)C(F)(F)F. The van der Waals surface area contributed by atoms with Crippen LogP contribution in [-0.4, -0.2) is 64.0 Å². The van der Waals surface area contributed by atoms with Crippen LogP contribution in [0.5, 0.6) is 0 Å². The molecule has 7 nitrogen and oxygen atoms in total. The summed E-state index contributed by atoms with van der Waals surface area (Å²) in [6.07, 6.45) is -2.98. The number of likely N-dealkylation sites (tertiary alicyclic amines) is 1. The van der Waals surface area contributed by atoms with Crippen molar-refractivity contribution in [1.82, 2.24) is 14.9 Å². The lowest BCUT2D eigenvalue weighted by Gasteiger charge is -2.20. The number of nitrogens with zero attached hydrogens (tertiary/aromatic N) is 3. The van der Waals surface area contributed by atoms with E-state index in [0.717, 1.165) is 37.0 Å². The van der Waals surface area contributed by atoms with Gasteiger partial charge in [-0.15, -0.1) is 22.7 Å². The Bertz CT molecular complexity index is 800. The molecular formula is C17H20F3N3O4S2. The Hall–Kier alpha value is -1.60. The van der Waals surface area contributed by atoms with Crippen LogP contribution in [0, 0.1) is 12.8 Å². The molecule has 0 aromatic carbocycles. The van der Waals surface area contributed by atoms with E-state index in [1.54, 1.807) is 22.7 Å². The monoisotopic (exact) mass is 451 g/mol. The van der Waals surface area contributed by atoms with Crippen LogP contribution in [-0.2, 0) is 27.4 Å². The number of aromatic nitrogens is 2. The van der Waals surface area contributed by atoms with Crippen LogP contribution in [0.1, 0.15) is 15.7 Å². The van der Waals surface area contributed by atoms with Crippen LogP contribution in [0.2, 0.25) is 0 Å². The molecule has 2 aromatic rings. The lowest BCUT2D eigenvalue weighted by molar-refractivity contribution is -0.192. The lowest BCUT2D eigenvalue weighted by Crippen LogP contribution is -2.32. The van der Waals surface area contributed by atoms with Crippen molar-refractivity contribution in [3.05, 3.63) is 32.7 Å². The number of hydrogen-bond acceptors (Lipinski definition) is 8. The average molecular weight is 451 g/mol. The topological polar surface area (TPSA) is 84.8 Å². The van der Waals surface area contributed by atoms with Gasteiger partial charge in [0.1, 0.15) is 5.01 Å². The Kier molecular flexibility index (Phi) is 7.22. The third-order valence-electron chi connectivity index (χ3n) is 4.63. The van der Waals surface area contributed by atoms with Gasteiger partial charge >= 0.3 is 12.1 Å². The van der Waals surface area contributed by atoms with Crippen molar-refractivity contribution in [3.8, 4) is 0 Å². The van der Waals surface area contributed by atoms with E-state index in [1.165, 1.54) is 5.01 Å². The second-order valence-electron chi connectivity index (χ2n) is 6.63. The Balaban J connectivity index is 0.000000298. The molecule has 1 N–H and O–H groups in total. The maximum absolute atomic E-state index is 10.6. The predicted octanol–water partition coefficient (Wildman–Crippen LogP) is 2.96. The molecule has 3 atom stereocenters. The van der Waals surface area contributed by atoms with Crippen molar-refractivity contribution in [1.29, 1.82) is 0 Å². The van der Waals surface area contributed by atoms with Gasteiger partial charge in [-0.25, -0.2) is 14.8 Å². The highest BCUT2D eigenvalue weighted by Gasteiger charge is 2.46. The van der Waals surface area contributed by atoms with Gasteiger partial charge in [-0.2, -0.15) is 13.2 Å². The minimum Gasteiger partial charge on any atom is -0.475 e. The summed E-state index contributed by atoms with van der Waals surface area (Å²) in [5, 5.41) is 13.5. The zero-order valence-electron chi connectivity index (χ0n) is 15.5. The fourth-order valence-corrected chi connectivity index (χ4v) is 4.56. The first-order valence-electron chi connectivity index (χ1n) is 8.77. The molecule has 0 bridgehead atoms. The summed E-state index contributed by atoms with van der Waals surface area (Å²) in [4.78, 5) is 20.2. The molecule has 0 radical (unpaired) electrons. The molecule has 160 valence electrons. The molecule has 2 fully saturated rings. The molecule has 4 heterocycles. The molecule has 2 aliphatic rings. The summed E-state index contributed by atoms with van der Waals surface area (Å²) < 4.78 is 43.6. The normalized spacial score (nSPS) is 24.2. The van der Waals surface area contributed by atoms with Crippen molar-refractivity contribution in [2.75, 3.05) is 19.8 Å². The minimum absolute atomic E-state index is 0.231. The van der Waals surface area contributed by atoms with Gasteiger partial charge in [0.2, 0.25) is 0 Å². The Morgan fingerprint density at radius 1 is 1.41 bits per heavy atom. The average Bonchev–Trinajstić information content (AvgIpc) is 3.40. The van der Waals surface area contributed by atoms with Crippen molar-refractivity contribution >= 4 is 28.6 Å². The number of aryl methyl sites for hydroxylation is 1. The second kappa shape index (κ2) is 9.47. The van der Waals surface area contributed by atoms with Crippen LogP contribution in [0.4, 0.5) is 13.2 Å². The molecule has 2 aliphatic heterocycles. The number of carboxylic acids is 1. The summed E-state index contributed by atoms with van der Waals surface area (Å²) in [6.45, 7) is 6.11. The second-order valence-corrected chi connectivity index (χ2v) is 8.68. The Morgan fingerprint density at radius 2 is 2.17 bits per heavy atom. The van der Waals surface area contributed by atoms with E-state index < -0.39 is 12.1 Å². The number of thiazole rings is 2. The van der Waals surface area contributed by atoms with E-state index in [4.69, 9.17) is 19.4 Å². The highest BCUT2D eigenvalue weighted by molar-refractivity contribution is 7.09. The van der Waals surface area contributed by atoms with Gasteiger partial charge in [0.15, 0.2) is 0 Å². The summed E-state index contributed by atoms with van der Waals surface area (Å²) >= 11 is 3.39. The molecule has 29 heavy (non-hydrogen) atoms. The van der Waals surface area contributed by atoms with E-state index in [1.807, 2.05) is 18.5 Å². The lowest BCUT2D eigenvalue weighted by atomic mass is 10.0. The first-order chi connectivity index (χ1) is 13.7. The fraction of sp³-hybridized carbons (Fsp3) is 0.588. The molecule has 12 heteroatoms. The van der Waals surface area contributed by atoms with Crippen molar-refractivity contribution in [2.24, 2.45) is 5.92 Å². The molecule has 2 aromatic heterocycles. The zero-order chi connectivity index (χ0) is 21.0. The number of hydrogen-bond donors (Lipinski definition) is 1. The Morgan fingerprint density at radius 3 is 2.76 bits per heavy atom. The highest BCUT2D eigenvalue weighted by atomic mass is 32.1. The molecule has 0 amide bonds. The van der Waals surface area contributed by atoms with Crippen LogP contribution in [0.3, 0.4) is 0 Å². The van der Waals surface area contributed by atoms with E-state index in [9.17, 15) is 13.2 Å². The zero-order valence-corrected chi connectivity index (χ0v) is 17.1. The quantitative estimate of drug-likeness (QED) is 0.748. The maximum Gasteiger partial charge on any atom is 0.490 e. The smallest absolute Gasteiger partial charge is 0.475 e. The van der Waals surface area contributed by atoms with Gasteiger partial charge in [0.25, 0.3) is 0 Å². The van der Waals surface area contributed by atoms with Gasteiger partial charge < -0.3 is 14.6 Å². The summed E-state index contributed by atoms with van der Waals surface area (Å²) in [7, 11) is 0. The van der Waals surface area contributed by atoms with Crippen molar-refractivity contribution in [3.63, 3.8) is 0 Å². The van der Waals surface area contributed by atoms with Gasteiger partial charge in [0, 0.05) is 35.5 Å². The van der Waals surface area contributed by atoms with E-state index in [2.05, 4.69) is 20.2 Å². The highest BCUT2D eigenvalue weighted by Crippen LogP contribution is 2.33. The standard InChI is InChI=1S/C15H19N3O2S2.C2HF3O2/c1-10-17-11(9-22-10)6-20-14-4-18(5-15-16-2-3-21-15)13-8-19-7-12(13)14;3-2(4,5)1(6)7/h2-3,9,12-14H,4-8H2,1H3;(H,6,7)/t12-,13+,14+;/m0./s1.